The molecule has 69 heavy (non-hydrogen) atoms. The molecule has 6 N–H and O–H groups in total. The van der Waals surface area contributed by atoms with E-state index in [9.17, 15) is 51.8 Å². The highest BCUT2D eigenvalue weighted by molar-refractivity contribution is 7.81. The molecule has 4 aromatic rings. The highest BCUT2D eigenvalue weighted by atomic mass is 32.1. The van der Waals surface area contributed by atoms with Gasteiger partial charge >= 0.3 is 6.18 Å². The molecule has 7 amide bonds. The predicted molar refractivity (Wildman–Crippen MR) is 247 cm³/mol. The fraction of sp³-hybridized carbons (Fsp3) is 0.333. The Morgan fingerprint density at radius 1 is 0.884 bits per heavy atom. The molecule has 0 saturated carbocycles. The van der Waals surface area contributed by atoms with Crippen molar-refractivity contribution < 1.29 is 56.6 Å². The Morgan fingerprint density at radius 3 is 2.06 bits per heavy atom. The molecule has 6 rings (SSSR count). The molecule has 19 nitrogen and oxygen atoms in total. The molecule has 3 heterocycles. The van der Waals surface area contributed by atoms with Gasteiger partial charge in [0.15, 0.2) is 11.7 Å². The molecule has 0 aliphatic carbocycles. The van der Waals surface area contributed by atoms with Gasteiger partial charge in [-0.1, -0.05) is 24.3 Å². The van der Waals surface area contributed by atoms with Gasteiger partial charge < -0.3 is 46.2 Å². The average Bonchev–Trinajstić information content (AvgIpc) is 3.99. The number of likely N-dealkylation sites (tertiary alicyclic amines) is 1. The van der Waals surface area contributed by atoms with Crippen LogP contribution in [0.25, 0.3) is 10.4 Å². The first kappa shape index (κ1) is 50.9. The Hall–Kier alpha value is -7.49. The number of nitriles is 1. The number of carbonyl (C=O) groups excluding carboxylic acids is 7. The lowest BCUT2D eigenvalue weighted by Gasteiger charge is -2.29. The Bertz CT molecular complexity index is 2690. The van der Waals surface area contributed by atoms with E-state index in [1.165, 1.54) is 71.4 Å². The highest BCUT2D eigenvalue weighted by Gasteiger charge is 2.51. The number of β-amino-alcohol motifs (C(OH)–C–C–N with tert-alkyl or cyclic N) is 1. The molecular formula is C45H45F3N10O9S2. The molecule has 1 unspecified atom stereocenters. The van der Waals surface area contributed by atoms with E-state index in [0.29, 0.717) is 11.8 Å². The number of thiocarbonyl (C=S) groups is 1. The summed E-state index contributed by atoms with van der Waals surface area (Å²) in [6.07, 6.45) is -5.79. The summed E-state index contributed by atoms with van der Waals surface area (Å²) < 4.78 is 46.5. The van der Waals surface area contributed by atoms with Gasteiger partial charge in [0.1, 0.15) is 17.3 Å². The number of halogens is 3. The topological polar surface area (TPSA) is 255 Å². The van der Waals surface area contributed by atoms with Crippen LogP contribution in [0.5, 0.6) is 5.75 Å². The number of nitrogens with one attached hydrogen (secondary N) is 5. The van der Waals surface area contributed by atoms with Crippen LogP contribution in [0, 0.1) is 18.3 Å². The smallest absolute Gasteiger partial charge is 0.417 e. The zero-order chi connectivity index (χ0) is 50.2. The summed E-state index contributed by atoms with van der Waals surface area (Å²) in [4.78, 5) is 97.8. The van der Waals surface area contributed by atoms with Crippen LogP contribution in [0.3, 0.4) is 0 Å². The number of carbonyl (C=O) groups is 7. The first-order chi connectivity index (χ1) is 32.7. The lowest BCUT2D eigenvalue weighted by Crippen LogP contribution is -2.50. The van der Waals surface area contributed by atoms with Gasteiger partial charge in [0.2, 0.25) is 29.5 Å². The van der Waals surface area contributed by atoms with Crippen molar-refractivity contribution in [3.63, 3.8) is 0 Å². The van der Waals surface area contributed by atoms with Crippen LogP contribution in [-0.2, 0) is 46.3 Å². The largest absolute Gasteiger partial charge is 0.484 e. The van der Waals surface area contributed by atoms with Crippen molar-refractivity contribution in [1.82, 2.24) is 36.5 Å². The number of aliphatic hydroxyl groups is 1. The van der Waals surface area contributed by atoms with Gasteiger partial charge in [0.05, 0.1) is 71.2 Å². The molecule has 2 fully saturated rings. The van der Waals surface area contributed by atoms with Gasteiger partial charge in [0.25, 0.3) is 11.8 Å². The molecular weight excluding hydrogens is 946 g/mol. The standard InChI is InChI=1S/C45H45F3N10O9S2/c1-25-40(69-24-55-25)27-6-4-26(5-7-27)17-54-41(65)34-15-31(59)22-56(34)39(64)21-53-37(62)19-51-35(60)18-50-36(61)20-52-38(63)23-67-32-12-10-29(11-13-32)58-43(68)57(42(66)44(58,2)3)30-9-8-28(16-49)33(14-30)45(46,47)48/h4-14,24,31,34,59H,15,17-23H2,1-3H3,(H,50,61)(H,51,60)(H,52,63)(H,53,62)(H,54,65)/t31-,34?/m0/s1. The number of thiazole rings is 1. The molecule has 2 saturated heterocycles. The molecule has 2 atom stereocenters. The maximum Gasteiger partial charge on any atom is 0.417 e. The number of nitrogens with zero attached hydrogens (tertiary/aromatic N) is 5. The molecule has 0 spiro atoms. The van der Waals surface area contributed by atoms with Crippen molar-refractivity contribution in [1.29, 1.82) is 5.26 Å². The van der Waals surface area contributed by atoms with E-state index in [4.69, 9.17) is 22.2 Å². The zero-order valence-corrected chi connectivity index (χ0v) is 38.8. The van der Waals surface area contributed by atoms with E-state index in [1.54, 1.807) is 5.51 Å². The van der Waals surface area contributed by atoms with Gasteiger partial charge in [-0.05, 0) is 86.6 Å². The number of aromatic nitrogens is 1. The molecule has 0 bridgehead atoms. The number of rotatable bonds is 17. The zero-order valence-electron chi connectivity index (χ0n) is 37.1. The minimum Gasteiger partial charge on any atom is -0.484 e. The van der Waals surface area contributed by atoms with E-state index in [2.05, 4.69) is 31.6 Å². The van der Waals surface area contributed by atoms with Crippen LogP contribution in [0.4, 0.5) is 24.5 Å². The average molecular weight is 991 g/mol. The number of aryl methyl sites for hydroxylation is 1. The van der Waals surface area contributed by atoms with Crippen molar-refractivity contribution in [3.05, 3.63) is 94.6 Å². The van der Waals surface area contributed by atoms with Crippen molar-refractivity contribution in [2.24, 2.45) is 0 Å². The Labute approximate surface area is 402 Å². The number of anilines is 2. The maximum atomic E-state index is 13.7. The SMILES string of the molecule is Cc1ncsc1-c1ccc(CNC(=O)C2C[C@H](O)CN2C(=O)CNC(=O)CNC(=O)CNC(=O)CNC(=O)COc2ccc(N3C(=S)N(c4ccc(C#N)c(C(F)(F)F)c4)C(=O)C3(C)C)cc2)cc1. The number of benzene rings is 3. The molecule has 24 heteroatoms. The quantitative estimate of drug-likeness (QED) is 0.0830. The van der Waals surface area contributed by atoms with Crippen LogP contribution < -0.4 is 41.1 Å². The minimum atomic E-state index is -4.86. The Morgan fingerprint density at radius 2 is 1.48 bits per heavy atom. The van der Waals surface area contributed by atoms with Crippen LogP contribution >= 0.6 is 23.6 Å². The number of alkyl halides is 3. The Balaban J connectivity index is 0.866. The van der Waals surface area contributed by atoms with Crippen molar-refractivity contribution >= 4 is 81.4 Å². The van der Waals surface area contributed by atoms with Crippen LogP contribution in [0.1, 0.15) is 42.7 Å². The fourth-order valence-corrected chi connectivity index (χ4v) is 8.68. The third kappa shape index (κ3) is 12.4. The Kier molecular flexibility index (Phi) is 16.0. The predicted octanol–water partition coefficient (Wildman–Crippen LogP) is 2.05. The number of hydrogen-bond donors (Lipinski definition) is 6. The van der Waals surface area contributed by atoms with Gasteiger partial charge in [-0.2, -0.15) is 18.4 Å². The summed E-state index contributed by atoms with van der Waals surface area (Å²) in [7, 11) is 0. The first-order valence-corrected chi connectivity index (χ1v) is 22.3. The minimum absolute atomic E-state index is 0.0134. The molecule has 1 aromatic heterocycles. The van der Waals surface area contributed by atoms with E-state index in [-0.39, 0.29) is 36.1 Å². The monoisotopic (exact) mass is 990 g/mol. The second-order valence-corrected chi connectivity index (χ2v) is 17.4. The van der Waals surface area contributed by atoms with Gasteiger partial charge in [-0.3, -0.25) is 38.5 Å². The lowest BCUT2D eigenvalue weighted by molar-refractivity contribution is -0.138. The highest BCUT2D eigenvalue weighted by Crippen LogP contribution is 2.40. The van der Waals surface area contributed by atoms with E-state index < -0.39 is 109 Å². The maximum absolute atomic E-state index is 13.7. The third-order valence-electron chi connectivity index (χ3n) is 10.9. The second-order valence-electron chi connectivity index (χ2n) is 16.2. The summed E-state index contributed by atoms with van der Waals surface area (Å²) in [5, 5.41) is 31.3. The number of aliphatic hydroxyl groups excluding tert-OH is 1. The van der Waals surface area contributed by atoms with Crippen LogP contribution in [0.2, 0.25) is 0 Å². The van der Waals surface area contributed by atoms with Gasteiger partial charge in [0, 0.05) is 25.2 Å². The summed E-state index contributed by atoms with van der Waals surface area (Å²) >= 11 is 7.07. The van der Waals surface area contributed by atoms with E-state index in [0.717, 1.165) is 32.7 Å². The molecule has 2 aliphatic heterocycles. The van der Waals surface area contributed by atoms with Crippen LogP contribution in [-0.4, -0.2) is 118 Å². The second kappa shape index (κ2) is 21.6. The summed E-state index contributed by atoms with van der Waals surface area (Å²) in [6, 6.07) is 17.0. The van der Waals surface area contributed by atoms with E-state index >= 15 is 0 Å². The first-order valence-electron chi connectivity index (χ1n) is 21.0. The van der Waals surface area contributed by atoms with Crippen molar-refractivity contribution in [2.45, 2.75) is 57.6 Å². The molecule has 362 valence electrons. The number of amides is 7. The summed E-state index contributed by atoms with van der Waals surface area (Å²) in [5.74, 6) is -4.43. The van der Waals surface area contributed by atoms with E-state index in [1.807, 2.05) is 31.2 Å². The number of ether oxygens (including phenoxy) is 1. The molecule has 0 radical (unpaired) electrons. The molecule has 3 aromatic carbocycles. The van der Waals surface area contributed by atoms with Crippen LogP contribution in [0.15, 0.2) is 72.2 Å². The number of hydrogen-bond acceptors (Lipinski definition) is 13. The van der Waals surface area contributed by atoms with Gasteiger partial charge in [-0.15, -0.1) is 11.3 Å². The fourth-order valence-electron chi connectivity index (χ4n) is 7.35. The van der Waals surface area contributed by atoms with Gasteiger partial charge in [-0.25, -0.2) is 4.98 Å². The third-order valence-corrected chi connectivity index (χ3v) is 12.3. The lowest BCUT2D eigenvalue weighted by atomic mass is 10.0. The normalized spacial score (nSPS) is 16.4. The van der Waals surface area contributed by atoms with Crippen molar-refractivity contribution in [3.8, 4) is 22.3 Å². The summed E-state index contributed by atoms with van der Waals surface area (Å²) in [5.41, 5.74) is 1.56. The van der Waals surface area contributed by atoms with Crippen molar-refractivity contribution in [2.75, 3.05) is 49.1 Å². The summed E-state index contributed by atoms with van der Waals surface area (Å²) in [6.45, 7) is 2.41. The molecule has 2 aliphatic rings.